The quantitative estimate of drug-likeness (QED) is 0.870. The Morgan fingerprint density at radius 2 is 2.39 bits per heavy atom. The molecular formula is C14H18FNO2. The summed E-state index contributed by atoms with van der Waals surface area (Å²) in [5.74, 6) is -0.0515. The van der Waals surface area contributed by atoms with Gasteiger partial charge >= 0.3 is 0 Å². The second-order valence-electron chi connectivity index (χ2n) is 4.68. The van der Waals surface area contributed by atoms with Crippen molar-refractivity contribution in [2.75, 3.05) is 13.7 Å². The smallest absolute Gasteiger partial charge is 0.165 e. The third-order valence-electron chi connectivity index (χ3n) is 3.25. The van der Waals surface area contributed by atoms with Gasteiger partial charge in [-0.05, 0) is 37.1 Å². The van der Waals surface area contributed by atoms with Crippen molar-refractivity contribution in [1.82, 2.24) is 5.32 Å². The molecule has 0 bridgehead atoms. The van der Waals surface area contributed by atoms with E-state index in [4.69, 9.17) is 4.74 Å². The number of carbonyl (C=O) groups excluding carboxylic acids is 1. The summed E-state index contributed by atoms with van der Waals surface area (Å²) >= 11 is 0. The number of ketones is 1. The molecule has 98 valence electrons. The lowest BCUT2D eigenvalue weighted by Gasteiger charge is -2.09. The lowest BCUT2D eigenvalue weighted by Crippen LogP contribution is -2.25. The Balaban J connectivity index is 1.92. The van der Waals surface area contributed by atoms with Crippen LogP contribution in [0, 0.1) is 5.82 Å². The molecule has 0 amide bonds. The van der Waals surface area contributed by atoms with E-state index in [0.717, 1.165) is 19.4 Å². The highest BCUT2D eigenvalue weighted by atomic mass is 19.1. The van der Waals surface area contributed by atoms with Crippen LogP contribution in [-0.2, 0) is 11.2 Å². The summed E-state index contributed by atoms with van der Waals surface area (Å²) in [6.45, 7) is 0.995. The van der Waals surface area contributed by atoms with E-state index in [9.17, 15) is 9.18 Å². The zero-order valence-electron chi connectivity index (χ0n) is 10.5. The number of benzene rings is 1. The first kappa shape index (κ1) is 13.0. The molecule has 1 aromatic carbocycles. The van der Waals surface area contributed by atoms with E-state index in [1.807, 2.05) is 0 Å². The third-order valence-corrected chi connectivity index (χ3v) is 3.25. The molecule has 3 nitrogen and oxygen atoms in total. The van der Waals surface area contributed by atoms with Crippen LogP contribution < -0.4 is 10.1 Å². The Hall–Kier alpha value is -1.42. The predicted molar refractivity (Wildman–Crippen MR) is 67.3 cm³/mol. The first-order valence-electron chi connectivity index (χ1n) is 6.26. The van der Waals surface area contributed by atoms with Crippen LogP contribution in [0.15, 0.2) is 18.2 Å². The minimum absolute atomic E-state index is 0.152. The number of hydrogen-bond acceptors (Lipinski definition) is 3. The van der Waals surface area contributed by atoms with E-state index >= 15 is 0 Å². The summed E-state index contributed by atoms with van der Waals surface area (Å²) in [4.78, 5) is 11.8. The number of methoxy groups -OCH3 is 1. The van der Waals surface area contributed by atoms with Gasteiger partial charge in [0.25, 0.3) is 0 Å². The van der Waals surface area contributed by atoms with Gasteiger partial charge in [0, 0.05) is 18.9 Å². The summed E-state index contributed by atoms with van der Waals surface area (Å²) in [5, 5.41) is 3.29. The molecule has 1 N–H and O–H groups in total. The first-order chi connectivity index (χ1) is 8.69. The van der Waals surface area contributed by atoms with Crippen molar-refractivity contribution >= 4 is 5.78 Å². The highest BCUT2D eigenvalue weighted by molar-refractivity contribution is 5.81. The van der Waals surface area contributed by atoms with E-state index in [1.54, 1.807) is 12.1 Å². The van der Waals surface area contributed by atoms with Gasteiger partial charge < -0.3 is 10.1 Å². The topological polar surface area (TPSA) is 38.3 Å². The monoisotopic (exact) mass is 251 g/mol. The zero-order valence-corrected chi connectivity index (χ0v) is 10.5. The van der Waals surface area contributed by atoms with Crippen LogP contribution in [0.2, 0.25) is 0 Å². The van der Waals surface area contributed by atoms with Crippen LogP contribution in [0.4, 0.5) is 4.39 Å². The Bertz CT molecular complexity index is 428. The average Bonchev–Trinajstić information content (AvgIpc) is 2.82. The van der Waals surface area contributed by atoms with Gasteiger partial charge in [-0.3, -0.25) is 4.79 Å². The minimum Gasteiger partial charge on any atom is -0.494 e. The highest BCUT2D eigenvalue weighted by Gasteiger charge is 2.18. The lowest BCUT2D eigenvalue weighted by atomic mass is 10.0. The summed E-state index contributed by atoms with van der Waals surface area (Å²) in [6, 6.07) is 4.98. The van der Waals surface area contributed by atoms with Gasteiger partial charge in [-0.25, -0.2) is 4.39 Å². The standard InChI is InChI=1S/C14H18FNO2/c1-18-14-5-4-10(8-13(14)15)7-12(17)9-11-3-2-6-16-11/h4-5,8,11,16H,2-3,6-7,9H2,1H3. The Labute approximate surface area is 106 Å². The van der Waals surface area contributed by atoms with Crippen molar-refractivity contribution in [2.45, 2.75) is 31.7 Å². The summed E-state index contributed by atoms with van der Waals surface area (Å²) in [6.07, 6.45) is 3.02. The zero-order chi connectivity index (χ0) is 13.0. The lowest BCUT2D eigenvalue weighted by molar-refractivity contribution is -0.118. The average molecular weight is 251 g/mol. The van der Waals surface area contributed by atoms with Crippen molar-refractivity contribution in [3.63, 3.8) is 0 Å². The SMILES string of the molecule is COc1ccc(CC(=O)CC2CCCN2)cc1F. The molecule has 0 radical (unpaired) electrons. The van der Waals surface area contributed by atoms with E-state index in [0.29, 0.717) is 24.4 Å². The molecule has 0 aliphatic carbocycles. The molecule has 1 unspecified atom stereocenters. The molecule has 2 rings (SSSR count). The van der Waals surface area contributed by atoms with Crippen LogP contribution in [0.3, 0.4) is 0 Å². The second-order valence-corrected chi connectivity index (χ2v) is 4.68. The van der Waals surface area contributed by atoms with E-state index in [2.05, 4.69) is 5.32 Å². The highest BCUT2D eigenvalue weighted by Crippen LogP contribution is 2.19. The first-order valence-corrected chi connectivity index (χ1v) is 6.26. The maximum atomic E-state index is 13.5. The fourth-order valence-electron chi connectivity index (χ4n) is 2.33. The van der Waals surface area contributed by atoms with Gasteiger partial charge in [0.2, 0.25) is 0 Å². The largest absolute Gasteiger partial charge is 0.494 e. The molecule has 1 aliphatic rings. The fourth-order valence-corrected chi connectivity index (χ4v) is 2.33. The summed E-state index contributed by atoms with van der Waals surface area (Å²) < 4.78 is 18.3. The molecule has 1 aliphatic heterocycles. The predicted octanol–water partition coefficient (Wildman–Crippen LogP) is 2.09. The van der Waals surface area contributed by atoms with Gasteiger partial charge in [-0.2, -0.15) is 0 Å². The van der Waals surface area contributed by atoms with Crippen LogP contribution in [0.1, 0.15) is 24.8 Å². The van der Waals surface area contributed by atoms with Crippen LogP contribution in [-0.4, -0.2) is 25.5 Å². The normalized spacial score (nSPS) is 18.9. The number of Topliss-reactive ketones (excluding diaryl/α,β-unsaturated/α-hetero) is 1. The molecule has 0 saturated carbocycles. The number of nitrogens with one attached hydrogen (secondary N) is 1. The number of ether oxygens (including phenoxy) is 1. The van der Waals surface area contributed by atoms with E-state index < -0.39 is 5.82 Å². The molecule has 1 saturated heterocycles. The molecule has 0 spiro atoms. The van der Waals surface area contributed by atoms with Crippen molar-refractivity contribution in [3.8, 4) is 5.75 Å². The molecule has 1 fully saturated rings. The van der Waals surface area contributed by atoms with Gasteiger partial charge in [0.05, 0.1) is 7.11 Å². The summed E-state index contributed by atoms with van der Waals surface area (Å²) in [7, 11) is 1.43. The fraction of sp³-hybridized carbons (Fsp3) is 0.500. The van der Waals surface area contributed by atoms with Crippen molar-refractivity contribution < 1.29 is 13.9 Å². The molecule has 1 aromatic rings. The Morgan fingerprint density at radius 3 is 3.00 bits per heavy atom. The Kier molecular flexibility index (Phi) is 4.31. The molecule has 4 heteroatoms. The summed E-state index contributed by atoms with van der Waals surface area (Å²) in [5.41, 5.74) is 0.705. The number of rotatable bonds is 5. The van der Waals surface area contributed by atoms with Crippen LogP contribution >= 0.6 is 0 Å². The minimum atomic E-state index is -0.415. The van der Waals surface area contributed by atoms with E-state index in [-0.39, 0.29) is 11.5 Å². The number of carbonyl (C=O) groups is 1. The molecule has 1 heterocycles. The third kappa shape index (κ3) is 3.29. The maximum absolute atomic E-state index is 13.5. The number of hydrogen-bond donors (Lipinski definition) is 1. The van der Waals surface area contributed by atoms with Crippen molar-refractivity contribution in [3.05, 3.63) is 29.6 Å². The number of halogens is 1. The molecule has 0 aromatic heterocycles. The van der Waals surface area contributed by atoms with Crippen molar-refractivity contribution in [1.29, 1.82) is 0 Å². The van der Waals surface area contributed by atoms with Gasteiger partial charge in [-0.1, -0.05) is 6.07 Å². The van der Waals surface area contributed by atoms with Crippen LogP contribution in [0.5, 0.6) is 5.75 Å². The maximum Gasteiger partial charge on any atom is 0.165 e. The van der Waals surface area contributed by atoms with Gasteiger partial charge in [-0.15, -0.1) is 0 Å². The molecule has 18 heavy (non-hydrogen) atoms. The molecule has 1 atom stereocenters. The van der Waals surface area contributed by atoms with Gasteiger partial charge in [0.15, 0.2) is 11.6 Å². The second kappa shape index (κ2) is 5.96. The van der Waals surface area contributed by atoms with Crippen LogP contribution in [0.25, 0.3) is 0 Å². The Morgan fingerprint density at radius 1 is 1.56 bits per heavy atom. The van der Waals surface area contributed by atoms with E-state index in [1.165, 1.54) is 13.2 Å². The van der Waals surface area contributed by atoms with Gasteiger partial charge in [0.1, 0.15) is 5.78 Å². The molecular weight excluding hydrogens is 233 g/mol. The van der Waals surface area contributed by atoms with Crippen molar-refractivity contribution in [2.24, 2.45) is 0 Å².